The molecule has 2 aromatic heterocycles. The number of anilines is 1. The molecule has 1 saturated heterocycles. The smallest absolute Gasteiger partial charge is 0.220 e. The first-order valence-corrected chi connectivity index (χ1v) is 10.3. The summed E-state index contributed by atoms with van der Waals surface area (Å²) in [7, 11) is 0. The molecule has 8 heteroatoms. The zero-order chi connectivity index (χ0) is 20.5. The molecule has 0 radical (unpaired) electrons. The predicted octanol–water partition coefficient (Wildman–Crippen LogP) is 3.83. The first-order chi connectivity index (χ1) is 14.7. The van der Waals surface area contributed by atoms with Gasteiger partial charge in [-0.15, -0.1) is 0 Å². The molecular weight excluding hydrogens is 385 g/mol. The van der Waals surface area contributed by atoms with Crippen molar-refractivity contribution in [2.45, 2.75) is 37.8 Å². The number of halogens is 1. The Kier molecular flexibility index (Phi) is 5.18. The van der Waals surface area contributed by atoms with Crippen LogP contribution >= 0.6 is 0 Å². The third kappa shape index (κ3) is 3.68. The van der Waals surface area contributed by atoms with Gasteiger partial charge in [0.05, 0.1) is 36.1 Å². The fourth-order valence-corrected chi connectivity index (χ4v) is 4.59. The topological polar surface area (TPSA) is 88.1 Å². The summed E-state index contributed by atoms with van der Waals surface area (Å²) < 4.78 is 26.7. The van der Waals surface area contributed by atoms with Crippen LogP contribution in [0.2, 0.25) is 0 Å². The average Bonchev–Trinajstić information content (AvgIpc) is 3.45. The number of nitrogen functional groups attached to an aromatic ring is 1. The van der Waals surface area contributed by atoms with E-state index in [1.807, 2.05) is 12.4 Å². The van der Waals surface area contributed by atoms with Gasteiger partial charge < -0.3 is 19.8 Å². The molecule has 30 heavy (non-hydrogen) atoms. The number of hydrogen-bond donors (Lipinski definition) is 1. The maximum absolute atomic E-state index is 13.5. The second kappa shape index (κ2) is 8.12. The molecule has 156 valence electrons. The highest BCUT2D eigenvalue weighted by Gasteiger charge is 2.32. The number of rotatable bonds is 4. The minimum Gasteiger partial charge on any atom is -0.368 e. The summed E-state index contributed by atoms with van der Waals surface area (Å²) >= 11 is 0. The van der Waals surface area contributed by atoms with E-state index >= 15 is 0 Å². The molecular formula is C22H24FN5O2. The highest BCUT2D eigenvalue weighted by Crippen LogP contribution is 2.40. The van der Waals surface area contributed by atoms with Crippen molar-refractivity contribution < 1.29 is 13.9 Å². The molecule has 0 amide bonds. The van der Waals surface area contributed by atoms with E-state index in [-0.39, 0.29) is 17.9 Å². The molecule has 2 aliphatic rings. The number of hydrogen-bond acceptors (Lipinski definition) is 6. The Morgan fingerprint density at radius 3 is 2.53 bits per heavy atom. The maximum atomic E-state index is 13.5. The SMILES string of the molecule is Nc1nccc(-c2c(-c3ccc(F)cc3)ncn2C2CCC(C3COCO3)CC2)n1. The quantitative estimate of drug-likeness (QED) is 0.705. The Balaban J connectivity index is 1.48. The first-order valence-electron chi connectivity index (χ1n) is 10.3. The number of nitrogens with zero attached hydrogens (tertiary/aromatic N) is 4. The van der Waals surface area contributed by atoms with Gasteiger partial charge in [0.15, 0.2) is 0 Å². The molecule has 1 aliphatic carbocycles. The molecule has 7 nitrogen and oxygen atoms in total. The summed E-state index contributed by atoms with van der Waals surface area (Å²) in [5, 5.41) is 0. The maximum Gasteiger partial charge on any atom is 0.220 e. The highest BCUT2D eigenvalue weighted by atomic mass is 19.1. The summed E-state index contributed by atoms with van der Waals surface area (Å²) in [5.41, 5.74) is 9.07. The Hall–Kier alpha value is -2.84. The van der Waals surface area contributed by atoms with E-state index in [1.54, 1.807) is 18.3 Å². The van der Waals surface area contributed by atoms with Gasteiger partial charge >= 0.3 is 0 Å². The van der Waals surface area contributed by atoms with E-state index in [2.05, 4.69) is 19.5 Å². The number of nitrogens with two attached hydrogens (primary N) is 1. The second-order valence-corrected chi connectivity index (χ2v) is 7.92. The summed E-state index contributed by atoms with van der Waals surface area (Å²) in [5.74, 6) is 0.469. The van der Waals surface area contributed by atoms with Crippen molar-refractivity contribution in [2.75, 3.05) is 19.1 Å². The number of aromatic nitrogens is 4. The third-order valence-corrected chi connectivity index (χ3v) is 6.14. The highest BCUT2D eigenvalue weighted by molar-refractivity contribution is 5.77. The standard InChI is InChI=1S/C22H24FN5O2/c23-16-5-1-15(2-6-16)20-21(18-9-10-25-22(24)27-18)28(12-26-20)17-7-3-14(4-8-17)19-11-29-13-30-19/h1-2,5-6,9-10,12,14,17,19H,3-4,7-8,11,13H2,(H2,24,25,27). The van der Waals surface area contributed by atoms with Crippen LogP contribution in [0.5, 0.6) is 0 Å². The average molecular weight is 409 g/mol. The molecule has 0 bridgehead atoms. The lowest BCUT2D eigenvalue weighted by atomic mass is 9.82. The minimum atomic E-state index is -0.276. The zero-order valence-electron chi connectivity index (χ0n) is 16.6. The molecule has 3 heterocycles. The largest absolute Gasteiger partial charge is 0.368 e. The van der Waals surface area contributed by atoms with Gasteiger partial charge in [0.25, 0.3) is 0 Å². The Morgan fingerprint density at radius 2 is 1.83 bits per heavy atom. The summed E-state index contributed by atoms with van der Waals surface area (Å²) in [6, 6.07) is 8.51. The van der Waals surface area contributed by atoms with Crippen molar-refractivity contribution in [3.63, 3.8) is 0 Å². The van der Waals surface area contributed by atoms with Crippen molar-refractivity contribution in [1.82, 2.24) is 19.5 Å². The summed E-state index contributed by atoms with van der Waals surface area (Å²) in [4.78, 5) is 13.2. The lowest BCUT2D eigenvalue weighted by Gasteiger charge is -2.32. The molecule has 1 saturated carbocycles. The van der Waals surface area contributed by atoms with Crippen LogP contribution < -0.4 is 5.73 Å². The van der Waals surface area contributed by atoms with Crippen LogP contribution in [0.15, 0.2) is 42.9 Å². The van der Waals surface area contributed by atoms with E-state index in [0.717, 1.165) is 42.6 Å². The Labute approximate surface area is 174 Å². The van der Waals surface area contributed by atoms with Gasteiger partial charge in [0.2, 0.25) is 5.95 Å². The molecule has 1 aromatic carbocycles. The third-order valence-electron chi connectivity index (χ3n) is 6.14. The summed E-state index contributed by atoms with van der Waals surface area (Å²) in [6.07, 6.45) is 7.94. The van der Waals surface area contributed by atoms with Gasteiger partial charge in [-0.05, 0) is 61.9 Å². The van der Waals surface area contributed by atoms with Gasteiger partial charge in [-0.3, -0.25) is 0 Å². The van der Waals surface area contributed by atoms with E-state index in [1.165, 1.54) is 12.1 Å². The molecule has 1 aliphatic heterocycles. The van der Waals surface area contributed by atoms with Crippen molar-refractivity contribution in [3.8, 4) is 22.6 Å². The number of imidazole rings is 1. The van der Waals surface area contributed by atoms with E-state index < -0.39 is 0 Å². The van der Waals surface area contributed by atoms with Crippen LogP contribution in [0.3, 0.4) is 0 Å². The van der Waals surface area contributed by atoms with Crippen molar-refractivity contribution in [3.05, 3.63) is 48.7 Å². The van der Waals surface area contributed by atoms with E-state index in [4.69, 9.17) is 15.2 Å². The fraction of sp³-hybridized carbons (Fsp3) is 0.409. The summed E-state index contributed by atoms with van der Waals surface area (Å²) in [6.45, 7) is 1.10. The van der Waals surface area contributed by atoms with E-state index in [9.17, 15) is 4.39 Å². The Morgan fingerprint density at radius 1 is 1.03 bits per heavy atom. The number of benzene rings is 1. The minimum absolute atomic E-state index is 0.213. The predicted molar refractivity (Wildman–Crippen MR) is 110 cm³/mol. The van der Waals surface area contributed by atoms with Gasteiger partial charge in [-0.25, -0.2) is 19.3 Å². The lowest BCUT2D eigenvalue weighted by Crippen LogP contribution is -2.28. The lowest BCUT2D eigenvalue weighted by molar-refractivity contribution is 0.0179. The molecule has 1 unspecified atom stereocenters. The van der Waals surface area contributed by atoms with Crippen LogP contribution in [-0.4, -0.2) is 39.0 Å². The van der Waals surface area contributed by atoms with Crippen LogP contribution in [0.1, 0.15) is 31.7 Å². The molecule has 1 atom stereocenters. The zero-order valence-corrected chi connectivity index (χ0v) is 16.6. The fourth-order valence-electron chi connectivity index (χ4n) is 4.59. The van der Waals surface area contributed by atoms with Crippen molar-refractivity contribution in [1.29, 1.82) is 0 Å². The van der Waals surface area contributed by atoms with Crippen LogP contribution in [-0.2, 0) is 9.47 Å². The molecule has 2 N–H and O–H groups in total. The van der Waals surface area contributed by atoms with Crippen molar-refractivity contribution >= 4 is 5.95 Å². The molecule has 2 fully saturated rings. The monoisotopic (exact) mass is 409 g/mol. The molecule has 0 spiro atoms. The van der Waals surface area contributed by atoms with Crippen LogP contribution in [0.4, 0.5) is 10.3 Å². The first kappa shape index (κ1) is 19.1. The molecule has 5 rings (SSSR count). The van der Waals surface area contributed by atoms with Gasteiger partial charge in [-0.1, -0.05) is 0 Å². The van der Waals surface area contributed by atoms with Crippen LogP contribution in [0.25, 0.3) is 22.6 Å². The Bertz CT molecular complexity index is 1010. The van der Waals surface area contributed by atoms with Crippen LogP contribution in [0, 0.1) is 11.7 Å². The van der Waals surface area contributed by atoms with E-state index in [0.29, 0.717) is 31.1 Å². The molecule has 3 aromatic rings. The second-order valence-electron chi connectivity index (χ2n) is 7.92. The number of ether oxygens (including phenoxy) is 2. The van der Waals surface area contributed by atoms with Gasteiger partial charge in [0.1, 0.15) is 12.6 Å². The van der Waals surface area contributed by atoms with Crippen molar-refractivity contribution in [2.24, 2.45) is 5.92 Å². The van der Waals surface area contributed by atoms with Gasteiger partial charge in [0, 0.05) is 17.8 Å². The van der Waals surface area contributed by atoms with Gasteiger partial charge in [-0.2, -0.15) is 0 Å². The normalized spacial score (nSPS) is 24.2.